The van der Waals surface area contributed by atoms with Crippen LogP contribution in [0.2, 0.25) is 0 Å². The quantitative estimate of drug-likeness (QED) is 0.886. The van der Waals surface area contributed by atoms with Gasteiger partial charge in [0.1, 0.15) is 5.78 Å². The fraction of sp³-hybridized carbons (Fsp3) is 0.533. The molecule has 0 bridgehead atoms. The number of benzene rings is 1. The van der Waals surface area contributed by atoms with Gasteiger partial charge in [0.05, 0.1) is 11.5 Å². The van der Waals surface area contributed by atoms with Crippen molar-refractivity contribution >= 4 is 5.78 Å². The molecule has 0 spiro atoms. The molecule has 3 heteroatoms. The monoisotopic (exact) mass is 247 g/mol. The molecule has 1 aliphatic heterocycles. The normalized spacial score (nSPS) is 29.2. The largest absolute Gasteiger partial charge is 0.389 e. The Labute approximate surface area is 108 Å². The third-order valence-electron chi connectivity index (χ3n) is 3.87. The number of hydrogen-bond donors (Lipinski definition) is 1. The summed E-state index contributed by atoms with van der Waals surface area (Å²) in [5.41, 5.74) is 0.403. The molecule has 1 aliphatic rings. The average Bonchev–Trinajstić information content (AvgIpc) is 2.32. The van der Waals surface area contributed by atoms with Crippen molar-refractivity contribution in [2.75, 3.05) is 13.1 Å². The Balaban J connectivity index is 2.03. The summed E-state index contributed by atoms with van der Waals surface area (Å²) in [7, 11) is 0. The van der Waals surface area contributed by atoms with Crippen LogP contribution >= 0.6 is 0 Å². The van der Waals surface area contributed by atoms with Gasteiger partial charge in [0.2, 0.25) is 0 Å². The van der Waals surface area contributed by atoms with E-state index in [0.29, 0.717) is 13.0 Å². The summed E-state index contributed by atoms with van der Waals surface area (Å²) >= 11 is 0. The molecular weight excluding hydrogens is 226 g/mol. The lowest BCUT2D eigenvalue weighted by Crippen LogP contribution is -2.52. The second-order valence-electron chi connectivity index (χ2n) is 5.49. The van der Waals surface area contributed by atoms with Crippen molar-refractivity contribution < 1.29 is 9.90 Å². The van der Waals surface area contributed by atoms with Crippen molar-refractivity contribution in [2.24, 2.45) is 5.92 Å². The van der Waals surface area contributed by atoms with Crippen LogP contribution in [0.4, 0.5) is 0 Å². The Bertz CT molecular complexity index is 414. The zero-order valence-corrected chi connectivity index (χ0v) is 11.1. The molecule has 0 radical (unpaired) electrons. The summed E-state index contributed by atoms with van der Waals surface area (Å²) in [6, 6.07) is 10.2. The maximum atomic E-state index is 11.6. The van der Waals surface area contributed by atoms with E-state index in [1.807, 2.05) is 18.2 Å². The van der Waals surface area contributed by atoms with Crippen molar-refractivity contribution in [3.05, 3.63) is 35.9 Å². The molecule has 1 N–H and O–H groups in total. The topological polar surface area (TPSA) is 40.5 Å². The van der Waals surface area contributed by atoms with Crippen LogP contribution in [-0.2, 0) is 11.3 Å². The van der Waals surface area contributed by atoms with Gasteiger partial charge < -0.3 is 5.11 Å². The van der Waals surface area contributed by atoms with Gasteiger partial charge in [0, 0.05) is 19.6 Å². The molecule has 2 atom stereocenters. The Kier molecular flexibility index (Phi) is 3.83. The molecule has 18 heavy (non-hydrogen) atoms. The lowest BCUT2D eigenvalue weighted by Gasteiger charge is -2.41. The molecule has 2 rings (SSSR count). The van der Waals surface area contributed by atoms with Crippen molar-refractivity contribution in [3.63, 3.8) is 0 Å². The smallest absolute Gasteiger partial charge is 0.137 e. The van der Waals surface area contributed by atoms with Crippen molar-refractivity contribution in [1.82, 2.24) is 4.90 Å². The van der Waals surface area contributed by atoms with Crippen LogP contribution in [-0.4, -0.2) is 34.5 Å². The van der Waals surface area contributed by atoms with E-state index in [1.54, 1.807) is 13.8 Å². The van der Waals surface area contributed by atoms with Gasteiger partial charge in [0.25, 0.3) is 0 Å². The molecule has 1 heterocycles. The maximum absolute atomic E-state index is 11.6. The van der Waals surface area contributed by atoms with Crippen LogP contribution in [0.1, 0.15) is 25.8 Å². The minimum Gasteiger partial charge on any atom is -0.389 e. The molecule has 1 aromatic carbocycles. The van der Waals surface area contributed by atoms with Gasteiger partial charge in [-0.05, 0) is 25.8 Å². The predicted octanol–water partition coefficient (Wildman–Crippen LogP) is 1.85. The number of likely N-dealkylation sites (tertiary alicyclic amines) is 1. The van der Waals surface area contributed by atoms with Gasteiger partial charge >= 0.3 is 0 Å². The second kappa shape index (κ2) is 5.21. The molecule has 3 nitrogen and oxygen atoms in total. The van der Waals surface area contributed by atoms with Crippen LogP contribution in [0.5, 0.6) is 0 Å². The Hall–Kier alpha value is -1.19. The fourth-order valence-corrected chi connectivity index (χ4v) is 2.66. The first kappa shape index (κ1) is 13.2. The number of aliphatic hydroxyl groups is 1. The first-order valence-electron chi connectivity index (χ1n) is 6.48. The molecule has 0 aliphatic carbocycles. The van der Waals surface area contributed by atoms with Gasteiger partial charge in [-0.15, -0.1) is 0 Å². The molecule has 1 fully saturated rings. The number of nitrogens with zero attached hydrogens (tertiary/aromatic N) is 1. The van der Waals surface area contributed by atoms with E-state index < -0.39 is 5.60 Å². The predicted molar refractivity (Wildman–Crippen MR) is 71.1 cm³/mol. The van der Waals surface area contributed by atoms with E-state index in [2.05, 4.69) is 17.0 Å². The number of Topliss-reactive ketones (excluding diaryl/α,β-unsaturated/α-hetero) is 1. The number of piperidine rings is 1. The average molecular weight is 247 g/mol. The number of carbonyl (C=O) groups is 1. The Morgan fingerprint density at radius 1 is 1.44 bits per heavy atom. The first-order chi connectivity index (χ1) is 8.49. The zero-order chi connectivity index (χ0) is 13.2. The third kappa shape index (κ3) is 2.98. The lowest BCUT2D eigenvalue weighted by molar-refractivity contribution is -0.135. The highest BCUT2D eigenvalue weighted by atomic mass is 16.3. The van der Waals surface area contributed by atoms with Gasteiger partial charge in [-0.2, -0.15) is 0 Å². The highest BCUT2D eigenvalue weighted by Gasteiger charge is 2.40. The summed E-state index contributed by atoms with van der Waals surface area (Å²) in [6.07, 6.45) is 0.657. The van der Waals surface area contributed by atoms with Crippen LogP contribution in [0, 0.1) is 5.92 Å². The summed E-state index contributed by atoms with van der Waals surface area (Å²) in [5.74, 6) is -0.187. The van der Waals surface area contributed by atoms with Crippen LogP contribution in [0.25, 0.3) is 0 Å². The summed E-state index contributed by atoms with van der Waals surface area (Å²) in [6.45, 7) is 5.69. The standard InChI is InChI=1S/C15H21NO2/c1-12(17)14-11-16(9-8-15(14,2)18)10-13-6-4-3-5-7-13/h3-7,14,18H,8-11H2,1-2H3. The van der Waals surface area contributed by atoms with E-state index in [4.69, 9.17) is 0 Å². The lowest BCUT2D eigenvalue weighted by atomic mass is 9.80. The van der Waals surface area contributed by atoms with E-state index in [9.17, 15) is 9.90 Å². The summed E-state index contributed by atoms with van der Waals surface area (Å²) in [5, 5.41) is 10.2. The van der Waals surface area contributed by atoms with Crippen LogP contribution < -0.4 is 0 Å². The van der Waals surface area contributed by atoms with E-state index >= 15 is 0 Å². The van der Waals surface area contributed by atoms with E-state index in [1.165, 1.54) is 5.56 Å². The molecule has 0 saturated carbocycles. The number of rotatable bonds is 3. The molecule has 0 amide bonds. The van der Waals surface area contributed by atoms with Gasteiger partial charge in [-0.25, -0.2) is 0 Å². The molecular formula is C15H21NO2. The number of carbonyl (C=O) groups excluding carboxylic acids is 1. The summed E-state index contributed by atoms with van der Waals surface area (Å²) in [4.78, 5) is 13.9. The van der Waals surface area contributed by atoms with Crippen molar-refractivity contribution in [1.29, 1.82) is 0 Å². The van der Waals surface area contributed by atoms with Gasteiger partial charge in [0.15, 0.2) is 0 Å². The summed E-state index contributed by atoms with van der Waals surface area (Å²) < 4.78 is 0. The third-order valence-corrected chi connectivity index (χ3v) is 3.87. The van der Waals surface area contributed by atoms with Crippen LogP contribution in [0.15, 0.2) is 30.3 Å². The van der Waals surface area contributed by atoms with Gasteiger partial charge in [-0.1, -0.05) is 30.3 Å². The Morgan fingerprint density at radius 2 is 2.11 bits per heavy atom. The Morgan fingerprint density at radius 3 is 2.72 bits per heavy atom. The van der Waals surface area contributed by atoms with Crippen LogP contribution in [0.3, 0.4) is 0 Å². The minimum atomic E-state index is -0.848. The van der Waals surface area contributed by atoms with Crippen molar-refractivity contribution in [2.45, 2.75) is 32.4 Å². The van der Waals surface area contributed by atoms with E-state index in [0.717, 1.165) is 13.1 Å². The maximum Gasteiger partial charge on any atom is 0.137 e. The molecule has 98 valence electrons. The molecule has 2 unspecified atom stereocenters. The molecule has 1 aromatic rings. The zero-order valence-electron chi connectivity index (χ0n) is 11.1. The molecule has 1 saturated heterocycles. The van der Waals surface area contributed by atoms with Gasteiger partial charge in [-0.3, -0.25) is 9.69 Å². The van der Waals surface area contributed by atoms with E-state index in [-0.39, 0.29) is 11.7 Å². The number of hydrogen-bond acceptors (Lipinski definition) is 3. The van der Waals surface area contributed by atoms with Crippen molar-refractivity contribution in [3.8, 4) is 0 Å². The minimum absolute atomic E-state index is 0.0813. The highest BCUT2D eigenvalue weighted by molar-refractivity contribution is 5.79. The molecule has 0 aromatic heterocycles. The first-order valence-corrected chi connectivity index (χ1v) is 6.48. The number of ketones is 1. The highest BCUT2D eigenvalue weighted by Crippen LogP contribution is 2.29. The fourth-order valence-electron chi connectivity index (χ4n) is 2.66. The second-order valence-corrected chi connectivity index (χ2v) is 5.49. The SMILES string of the molecule is CC(=O)C1CN(Cc2ccccc2)CCC1(C)O.